The zero-order chi connectivity index (χ0) is 22.1. The number of rotatable bonds is 6. The minimum absolute atomic E-state index is 0.0881. The van der Waals surface area contributed by atoms with Crippen LogP contribution in [-0.2, 0) is 13.1 Å². The smallest absolute Gasteiger partial charge is 0.294 e. The Morgan fingerprint density at radius 3 is 2.50 bits per heavy atom. The first-order valence-electron chi connectivity index (χ1n) is 10.1. The van der Waals surface area contributed by atoms with Crippen LogP contribution in [0.15, 0.2) is 91.6 Å². The lowest BCUT2D eigenvalue weighted by Crippen LogP contribution is -2.07. The first-order chi connectivity index (χ1) is 15.6. The third kappa shape index (κ3) is 3.88. The molecule has 0 N–H and O–H groups in total. The summed E-state index contributed by atoms with van der Waals surface area (Å²) >= 11 is 5.98. The summed E-state index contributed by atoms with van der Waals surface area (Å²) < 4.78 is 3.89. The van der Waals surface area contributed by atoms with Crippen LogP contribution in [0.4, 0.5) is 5.69 Å². The molecule has 0 radical (unpaired) electrons. The summed E-state index contributed by atoms with van der Waals surface area (Å²) in [6.45, 7) is 1.12. The Bertz CT molecular complexity index is 1410. The molecular formula is C25H19ClN4O2. The van der Waals surface area contributed by atoms with Crippen molar-refractivity contribution in [3.63, 3.8) is 0 Å². The number of nitrogens with zero attached hydrogens (tertiary/aromatic N) is 4. The molecule has 2 aromatic heterocycles. The fourth-order valence-electron chi connectivity index (χ4n) is 4.00. The molecule has 158 valence electrons. The fraction of sp³-hybridized carbons (Fsp3) is 0.0800. The van der Waals surface area contributed by atoms with Crippen LogP contribution in [0.2, 0.25) is 5.02 Å². The van der Waals surface area contributed by atoms with E-state index in [1.807, 2.05) is 82.1 Å². The highest BCUT2D eigenvalue weighted by Gasteiger charge is 2.21. The van der Waals surface area contributed by atoms with Crippen molar-refractivity contribution in [3.8, 4) is 11.1 Å². The Kier molecular flexibility index (Phi) is 5.21. The maximum atomic E-state index is 11.8. The van der Waals surface area contributed by atoms with E-state index in [4.69, 9.17) is 11.6 Å². The maximum Gasteiger partial charge on any atom is 0.294 e. The third-order valence-corrected chi connectivity index (χ3v) is 5.80. The highest BCUT2D eigenvalue weighted by molar-refractivity contribution is 6.30. The van der Waals surface area contributed by atoms with Crippen molar-refractivity contribution in [2.24, 2.45) is 0 Å². The minimum atomic E-state index is -0.321. The molecule has 0 spiro atoms. The highest BCUT2D eigenvalue weighted by Crippen LogP contribution is 2.35. The molecule has 0 saturated heterocycles. The third-order valence-electron chi connectivity index (χ3n) is 5.54. The molecule has 5 rings (SSSR count). The lowest BCUT2D eigenvalue weighted by Gasteiger charge is -2.09. The average molecular weight is 443 g/mol. The number of benzene rings is 3. The summed E-state index contributed by atoms with van der Waals surface area (Å²) in [7, 11) is 0. The molecular weight excluding hydrogens is 424 g/mol. The molecule has 32 heavy (non-hydrogen) atoms. The fourth-order valence-corrected chi connectivity index (χ4v) is 4.12. The van der Waals surface area contributed by atoms with Gasteiger partial charge in [-0.3, -0.25) is 10.1 Å². The molecule has 5 aromatic rings. The average Bonchev–Trinajstić information content (AvgIpc) is 3.42. The summed E-state index contributed by atoms with van der Waals surface area (Å²) in [6.07, 6.45) is 7.00. The van der Waals surface area contributed by atoms with E-state index in [0.29, 0.717) is 23.7 Å². The van der Waals surface area contributed by atoms with Crippen LogP contribution in [-0.4, -0.2) is 19.0 Å². The van der Waals surface area contributed by atoms with E-state index in [9.17, 15) is 10.1 Å². The van der Waals surface area contributed by atoms with Gasteiger partial charge < -0.3 is 9.13 Å². The number of imidazole rings is 1. The Hall–Kier alpha value is -3.90. The number of halogens is 1. The Morgan fingerprint density at radius 1 is 0.906 bits per heavy atom. The summed E-state index contributed by atoms with van der Waals surface area (Å²) in [6, 6.07) is 21.5. The van der Waals surface area contributed by atoms with Crippen LogP contribution in [0.1, 0.15) is 11.3 Å². The first-order valence-corrected chi connectivity index (χ1v) is 10.5. The van der Waals surface area contributed by atoms with Crippen LogP contribution >= 0.6 is 11.6 Å². The molecule has 0 aliphatic heterocycles. The van der Waals surface area contributed by atoms with Gasteiger partial charge in [0.25, 0.3) is 5.69 Å². The molecule has 3 aromatic carbocycles. The van der Waals surface area contributed by atoms with Gasteiger partial charge in [-0.05, 0) is 34.0 Å². The van der Waals surface area contributed by atoms with Crippen LogP contribution in [0.3, 0.4) is 0 Å². The molecule has 0 saturated carbocycles. The van der Waals surface area contributed by atoms with Gasteiger partial charge in [-0.15, -0.1) is 0 Å². The largest absolute Gasteiger partial charge is 0.341 e. The number of nitro groups is 1. The topological polar surface area (TPSA) is 65.9 Å². The SMILES string of the molecule is O=[N+]([O-])c1cn(Cc2cncn2Cc2ccc(Cl)cc2)cc1-c1cccc2ccccc12. The normalized spacial score (nSPS) is 11.2. The molecule has 6 nitrogen and oxygen atoms in total. The Balaban J connectivity index is 1.50. The quantitative estimate of drug-likeness (QED) is 0.233. The van der Waals surface area contributed by atoms with Crippen LogP contribution in [0.5, 0.6) is 0 Å². The summed E-state index contributed by atoms with van der Waals surface area (Å²) in [4.78, 5) is 15.8. The van der Waals surface area contributed by atoms with E-state index >= 15 is 0 Å². The molecule has 0 atom stereocenters. The van der Waals surface area contributed by atoms with Crippen molar-refractivity contribution in [3.05, 3.63) is 118 Å². The van der Waals surface area contributed by atoms with Gasteiger partial charge in [0.05, 0.1) is 35.2 Å². The summed E-state index contributed by atoms with van der Waals surface area (Å²) in [5.74, 6) is 0. The van der Waals surface area contributed by atoms with E-state index in [2.05, 4.69) is 4.98 Å². The second kappa shape index (κ2) is 8.32. The van der Waals surface area contributed by atoms with Crippen molar-refractivity contribution >= 4 is 28.1 Å². The van der Waals surface area contributed by atoms with Crippen LogP contribution < -0.4 is 0 Å². The van der Waals surface area contributed by atoms with E-state index in [1.54, 1.807) is 18.7 Å². The standard InChI is InChI=1S/C25H19ClN4O2/c26-20-10-8-18(9-11-20)13-29-17-27-12-21(29)14-28-15-24(25(16-28)30(31)32)23-7-3-5-19-4-1-2-6-22(19)23/h1-12,15-17H,13-14H2. The zero-order valence-corrected chi connectivity index (χ0v) is 17.8. The van der Waals surface area contributed by atoms with Gasteiger partial charge in [0, 0.05) is 24.0 Å². The van der Waals surface area contributed by atoms with Crippen molar-refractivity contribution in [1.82, 2.24) is 14.1 Å². The van der Waals surface area contributed by atoms with Gasteiger partial charge in [0.1, 0.15) is 0 Å². The maximum absolute atomic E-state index is 11.8. The van der Waals surface area contributed by atoms with E-state index in [1.165, 1.54) is 0 Å². The van der Waals surface area contributed by atoms with Gasteiger partial charge in [-0.1, -0.05) is 66.2 Å². The Morgan fingerprint density at radius 2 is 1.69 bits per heavy atom. The number of hydrogen-bond donors (Lipinski definition) is 0. The molecule has 2 heterocycles. The van der Waals surface area contributed by atoms with Gasteiger partial charge in [0.2, 0.25) is 0 Å². The van der Waals surface area contributed by atoms with E-state index in [0.717, 1.165) is 27.6 Å². The second-order valence-corrected chi connectivity index (χ2v) is 8.09. The Labute approximate surface area is 189 Å². The highest BCUT2D eigenvalue weighted by atomic mass is 35.5. The molecule has 0 bridgehead atoms. The van der Waals surface area contributed by atoms with Crippen LogP contribution in [0, 0.1) is 10.1 Å². The van der Waals surface area contributed by atoms with Crippen molar-refractivity contribution < 1.29 is 4.92 Å². The molecule has 0 unspecified atom stereocenters. The van der Waals surface area contributed by atoms with Crippen molar-refractivity contribution in [2.75, 3.05) is 0 Å². The van der Waals surface area contributed by atoms with Crippen LogP contribution in [0.25, 0.3) is 21.9 Å². The lowest BCUT2D eigenvalue weighted by molar-refractivity contribution is -0.384. The monoisotopic (exact) mass is 442 g/mol. The summed E-state index contributed by atoms with van der Waals surface area (Å²) in [5.41, 5.74) is 3.60. The van der Waals surface area contributed by atoms with Crippen molar-refractivity contribution in [2.45, 2.75) is 13.1 Å². The number of aromatic nitrogens is 3. The van der Waals surface area contributed by atoms with E-state index in [-0.39, 0.29) is 10.6 Å². The predicted octanol–water partition coefficient (Wildman–Crippen LogP) is 6.16. The molecule has 0 amide bonds. The number of fused-ring (bicyclic) bond motifs is 1. The second-order valence-electron chi connectivity index (χ2n) is 7.65. The molecule has 0 aliphatic rings. The minimum Gasteiger partial charge on any atom is -0.341 e. The van der Waals surface area contributed by atoms with E-state index < -0.39 is 0 Å². The van der Waals surface area contributed by atoms with Gasteiger partial charge in [-0.2, -0.15) is 0 Å². The predicted molar refractivity (Wildman–Crippen MR) is 126 cm³/mol. The molecule has 0 aliphatic carbocycles. The van der Waals surface area contributed by atoms with Crippen molar-refractivity contribution in [1.29, 1.82) is 0 Å². The number of hydrogen-bond acceptors (Lipinski definition) is 3. The van der Waals surface area contributed by atoms with Gasteiger partial charge in [-0.25, -0.2) is 4.98 Å². The summed E-state index contributed by atoms with van der Waals surface area (Å²) in [5, 5.41) is 14.6. The van der Waals surface area contributed by atoms with Gasteiger partial charge in [0.15, 0.2) is 0 Å². The first kappa shape index (κ1) is 20.0. The van der Waals surface area contributed by atoms with Gasteiger partial charge >= 0.3 is 0 Å². The zero-order valence-electron chi connectivity index (χ0n) is 17.1. The lowest BCUT2D eigenvalue weighted by atomic mass is 9.99. The molecule has 7 heteroatoms. The molecule has 0 fully saturated rings.